The van der Waals surface area contributed by atoms with Crippen LogP contribution in [-0.4, -0.2) is 24.1 Å². The van der Waals surface area contributed by atoms with E-state index in [1.807, 2.05) is 18.2 Å². The molecule has 0 aliphatic heterocycles. The molecule has 0 atom stereocenters. The molecule has 1 aliphatic rings. The van der Waals surface area contributed by atoms with Crippen LogP contribution < -0.4 is 0 Å². The van der Waals surface area contributed by atoms with Crippen molar-refractivity contribution in [3.8, 4) is 0 Å². The Labute approximate surface area is 117 Å². The molecule has 1 aromatic carbocycles. The number of ketones is 2. The maximum atomic E-state index is 12.2. The molecule has 104 valence electrons. The molecule has 0 spiro atoms. The van der Waals surface area contributed by atoms with E-state index in [0.29, 0.717) is 17.6 Å². The summed E-state index contributed by atoms with van der Waals surface area (Å²) in [5.74, 6) is -1.51. The number of fused-ring (bicyclic) bond motifs is 1. The van der Waals surface area contributed by atoms with Crippen molar-refractivity contribution < 1.29 is 19.1 Å². The zero-order valence-corrected chi connectivity index (χ0v) is 11.3. The summed E-state index contributed by atoms with van der Waals surface area (Å²) in [5.41, 5.74) is 2.32. The van der Waals surface area contributed by atoms with E-state index in [4.69, 9.17) is 0 Å². The van der Waals surface area contributed by atoms with E-state index in [0.717, 1.165) is 12.0 Å². The molecule has 0 radical (unpaired) electrons. The van der Waals surface area contributed by atoms with Crippen molar-refractivity contribution >= 4 is 17.5 Å². The third-order valence-corrected chi connectivity index (χ3v) is 3.25. The van der Waals surface area contributed by atoms with Crippen LogP contribution in [0.4, 0.5) is 0 Å². The van der Waals surface area contributed by atoms with Crippen molar-refractivity contribution in [2.75, 3.05) is 6.61 Å². The summed E-state index contributed by atoms with van der Waals surface area (Å²) < 4.78 is 4.62. The average molecular weight is 272 g/mol. The van der Waals surface area contributed by atoms with Crippen LogP contribution in [0.3, 0.4) is 0 Å². The number of aryl methyl sites for hydroxylation is 1. The summed E-state index contributed by atoms with van der Waals surface area (Å²) in [7, 11) is 0. The van der Waals surface area contributed by atoms with Gasteiger partial charge in [-0.2, -0.15) is 0 Å². The first-order chi connectivity index (χ1) is 9.63. The highest BCUT2D eigenvalue weighted by Crippen LogP contribution is 2.25. The van der Waals surface area contributed by atoms with E-state index in [1.54, 1.807) is 19.1 Å². The number of hydrogen-bond acceptors (Lipinski definition) is 4. The summed E-state index contributed by atoms with van der Waals surface area (Å²) in [4.78, 5) is 34.9. The fourth-order valence-electron chi connectivity index (χ4n) is 2.22. The van der Waals surface area contributed by atoms with Gasteiger partial charge in [-0.1, -0.05) is 30.3 Å². The molecule has 0 unspecified atom stereocenters. The van der Waals surface area contributed by atoms with Crippen LogP contribution in [0, 0.1) is 0 Å². The first-order valence-corrected chi connectivity index (χ1v) is 6.65. The van der Waals surface area contributed by atoms with Gasteiger partial charge >= 0.3 is 5.97 Å². The second kappa shape index (κ2) is 6.28. The SMILES string of the molecule is CCOC(=O)C(=O)CC=C1CCc2ccccc2C1=O. The standard InChI is InChI=1S/C16H16O4/c1-2-20-16(19)14(17)10-9-12-8-7-11-5-3-4-6-13(11)15(12)18/h3-6,9H,2,7-8,10H2,1H3. The minimum absolute atomic E-state index is 0.0523. The number of allylic oxidation sites excluding steroid dienone is 2. The minimum Gasteiger partial charge on any atom is -0.460 e. The largest absolute Gasteiger partial charge is 0.460 e. The Morgan fingerprint density at radius 1 is 1.25 bits per heavy atom. The second-order valence-corrected chi connectivity index (χ2v) is 4.56. The first kappa shape index (κ1) is 14.2. The molecule has 1 aromatic rings. The molecule has 0 amide bonds. The van der Waals surface area contributed by atoms with Gasteiger partial charge in [-0.05, 0) is 30.9 Å². The Kier molecular flexibility index (Phi) is 4.45. The first-order valence-electron chi connectivity index (χ1n) is 6.65. The van der Waals surface area contributed by atoms with E-state index < -0.39 is 11.8 Å². The van der Waals surface area contributed by atoms with Crippen LogP contribution in [0.25, 0.3) is 0 Å². The van der Waals surface area contributed by atoms with Crippen LogP contribution in [0.15, 0.2) is 35.9 Å². The van der Waals surface area contributed by atoms with E-state index in [1.165, 1.54) is 0 Å². The summed E-state index contributed by atoms with van der Waals surface area (Å²) in [6.07, 6.45) is 2.85. The molecule has 0 heterocycles. The molecule has 20 heavy (non-hydrogen) atoms. The normalized spacial score (nSPS) is 15.8. The maximum Gasteiger partial charge on any atom is 0.374 e. The van der Waals surface area contributed by atoms with Gasteiger partial charge in [0.1, 0.15) is 0 Å². The maximum absolute atomic E-state index is 12.2. The smallest absolute Gasteiger partial charge is 0.374 e. The van der Waals surface area contributed by atoms with Gasteiger partial charge in [0.2, 0.25) is 5.78 Å². The Morgan fingerprint density at radius 3 is 2.75 bits per heavy atom. The van der Waals surface area contributed by atoms with Crippen molar-refractivity contribution in [1.82, 2.24) is 0 Å². The van der Waals surface area contributed by atoms with Crippen LogP contribution in [-0.2, 0) is 20.7 Å². The number of rotatable bonds is 4. The van der Waals surface area contributed by atoms with Crippen molar-refractivity contribution in [2.24, 2.45) is 0 Å². The Bertz CT molecular complexity index is 584. The highest BCUT2D eigenvalue weighted by Gasteiger charge is 2.22. The summed E-state index contributed by atoms with van der Waals surface area (Å²) >= 11 is 0. The zero-order chi connectivity index (χ0) is 14.5. The number of Topliss-reactive ketones (excluding diaryl/α,β-unsaturated/α-hetero) is 2. The van der Waals surface area contributed by atoms with E-state index in [2.05, 4.69) is 4.74 Å². The van der Waals surface area contributed by atoms with Gasteiger partial charge in [-0.25, -0.2) is 4.79 Å². The predicted molar refractivity (Wildman–Crippen MR) is 73.4 cm³/mol. The van der Waals surface area contributed by atoms with Crippen molar-refractivity contribution in [3.05, 3.63) is 47.0 Å². The fourth-order valence-corrected chi connectivity index (χ4v) is 2.22. The quantitative estimate of drug-likeness (QED) is 0.479. The van der Waals surface area contributed by atoms with Crippen LogP contribution in [0.5, 0.6) is 0 Å². The van der Waals surface area contributed by atoms with E-state index in [9.17, 15) is 14.4 Å². The van der Waals surface area contributed by atoms with E-state index in [-0.39, 0.29) is 18.8 Å². The monoisotopic (exact) mass is 272 g/mol. The number of esters is 1. The molecule has 0 fully saturated rings. The lowest BCUT2D eigenvalue weighted by Crippen LogP contribution is -2.18. The van der Waals surface area contributed by atoms with Crippen LogP contribution in [0.1, 0.15) is 35.7 Å². The zero-order valence-electron chi connectivity index (χ0n) is 11.3. The predicted octanol–water partition coefficient (Wildman–Crippen LogP) is 2.26. The van der Waals surface area contributed by atoms with Gasteiger partial charge in [-0.15, -0.1) is 0 Å². The van der Waals surface area contributed by atoms with E-state index >= 15 is 0 Å². The van der Waals surface area contributed by atoms with Gasteiger partial charge < -0.3 is 4.74 Å². The highest BCUT2D eigenvalue weighted by molar-refractivity contribution is 6.34. The Balaban J connectivity index is 2.08. The lowest BCUT2D eigenvalue weighted by atomic mass is 9.86. The lowest BCUT2D eigenvalue weighted by molar-refractivity contribution is -0.153. The number of hydrogen-bond donors (Lipinski definition) is 0. The third kappa shape index (κ3) is 3.02. The van der Waals surface area contributed by atoms with Crippen molar-refractivity contribution in [3.63, 3.8) is 0 Å². The molecular formula is C16H16O4. The van der Waals surface area contributed by atoms with Crippen LogP contribution >= 0.6 is 0 Å². The second-order valence-electron chi connectivity index (χ2n) is 4.56. The average Bonchev–Trinajstić information content (AvgIpc) is 2.47. The van der Waals surface area contributed by atoms with Crippen molar-refractivity contribution in [2.45, 2.75) is 26.2 Å². The number of ether oxygens (including phenoxy) is 1. The topological polar surface area (TPSA) is 60.4 Å². The summed E-state index contributed by atoms with van der Waals surface area (Å²) in [5, 5.41) is 0. The minimum atomic E-state index is -0.840. The fraction of sp³-hybridized carbons (Fsp3) is 0.312. The van der Waals surface area contributed by atoms with Gasteiger partial charge in [0.05, 0.1) is 6.61 Å². The molecule has 4 heteroatoms. The Hall–Kier alpha value is -2.23. The highest BCUT2D eigenvalue weighted by atomic mass is 16.5. The van der Waals surface area contributed by atoms with Gasteiger partial charge in [0, 0.05) is 12.0 Å². The third-order valence-electron chi connectivity index (χ3n) is 3.25. The molecule has 0 aromatic heterocycles. The van der Waals surface area contributed by atoms with Gasteiger partial charge in [-0.3, -0.25) is 9.59 Å². The lowest BCUT2D eigenvalue weighted by Gasteiger charge is -2.16. The molecular weight excluding hydrogens is 256 g/mol. The molecule has 2 rings (SSSR count). The molecule has 0 saturated carbocycles. The van der Waals surface area contributed by atoms with Crippen LogP contribution in [0.2, 0.25) is 0 Å². The molecule has 4 nitrogen and oxygen atoms in total. The van der Waals surface area contributed by atoms with Gasteiger partial charge in [0.15, 0.2) is 5.78 Å². The summed E-state index contributed by atoms with van der Waals surface area (Å²) in [6.45, 7) is 1.82. The van der Waals surface area contributed by atoms with Crippen molar-refractivity contribution in [1.29, 1.82) is 0 Å². The number of carbonyl (C=O) groups excluding carboxylic acids is 3. The van der Waals surface area contributed by atoms with Gasteiger partial charge in [0.25, 0.3) is 0 Å². The molecule has 0 bridgehead atoms. The molecule has 0 N–H and O–H groups in total. The number of benzene rings is 1. The molecule has 1 aliphatic carbocycles. The summed E-state index contributed by atoms with van der Waals surface area (Å²) in [6, 6.07) is 7.46. The molecule has 0 saturated heterocycles. The Morgan fingerprint density at radius 2 is 2.00 bits per heavy atom. The number of carbonyl (C=O) groups is 3.